The molecule has 15 heavy (non-hydrogen) atoms. The van der Waals surface area contributed by atoms with Crippen molar-refractivity contribution < 1.29 is 8.78 Å². The van der Waals surface area contributed by atoms with E-state index in [1.165, 1.54) is 0 Å². The fourth-order valence-electron chi connectivity index (χ4n) is 1.60. The molecule has 0 N–H and O–H groups in total. The molecule has 1 aliphatic carbocycles. The predicted molar refractivity (Wildman–Crippen MR) is 51.4 cm³/mol. The monoisotopic (exact) mass is 206 g/mol. The molecule has 1 aromatic heterocycles. The van der Waals surface area contributed by atoms with Crippen LogP contribution < -0.4 is 0 Å². The summed E-state index contributed by atoms with van der Waals surface area (Å²) in [6.07, 6.45) is 3.88. The first-order valence-corrected chi connectivity index (χ1v) is 4.86. The van der Waals surface area contributed by atoms with Gasteiger partial charge in [-0.15, -0.1) is 0 Å². The molecule has 1 aromatic carbocycles. The van der Waals surface area contributed by atoms with E-state index in [1.807, 2.05) is 0 Å². The fraction of sp³-hybridized carbons (Fsp3) is 0.273. The lowest BCUT2D eigenvalue weighted by atomic mass is 10.2. The first kappa shape index (κ1) is 8.71. The Morgan fingerprint density at radius 3 is 2.40 bits per heavy atom. The summed E-state index contributed by atoms with van der Waals surface area (Å²) in [6, 6.07) is 2.18. The second-order valence-corrected chi connectivity index (χ2v) is 3.82. The molecule has 0 radical (unpaired) electrons. The number of fused-ring (bicyclic) bond motifs is 1. The van der Waals surface area contributed by atoms with Gasteiger partial charge in [0.1, 0.15) is 0 Å². The third-order valence-corrected chi connectivity index (χ3v) is 2.60. The highest BCUT2D eigenvalue weighted by Crippen LogP contribution is 2.38. The van der Waals surface area contributed by atoms with E-state index in [2.05, 4.69) is 9.97 Å². The molecular formula is C11H8F2N2. The van der Waals surface area contributed by atoms with E-state index in [9.17, 15) is 8.78 Å². The molecule has 1 saturated carbocycles. The Morgan fingerprint density at radius 2 is 1.73 bits per heavy atom. The van der Waals surface area contributed by atoms with Gasteiger partial charge in [0.15, 0.2) is 11.6 Å². The topological polar surface area (TPSA) is 25.8 Å². The third kappa shape index (κ3) is 1.46. The Labute approximate surface area is 85.0 Å². The van der Waals surface area contributed by atoms with Gasteiger partial charge in [0, 0.05) is 24.2 Å². The largest absolute Gasteiger partial charge is 0.253 e. The van der Waals surface area contributed by atoms with Gasteiger partial charge in [-0.05, 0) is 12.8 Å². The molecule has 0 unspecified atom stereocenters. The van der Waals surface area contributed by atoms with Crippen LogP contribution in [0.1, 0.15) is 24.5 Å². The quantitative estimate of drug-likeness (QED) is 0.717. The molecule has 1 aliphatic rings. The van der Waals surface area contributed by atoms with Gasteiger partial charge in [-0.1, -0.05) is 0 Å². The third-order valence-electron chi connectivity index (χ3n) is 2.60. The van der Waals surface area contributed by atoms with Gasteiger partial charge in [0.25, 0.3) is 0 Å². The average molecular weight is 206 g/mol. The minimum absolute atomic E-state index is 0.401. The van der Waals surface area contributed by atoms with Crippen molar-refractivity contribution in [2.24, 2.45) is 0 Å². The zero-order valence-corrected chi connectivity index (χ0v) is 7.87. The number of nitrogens with zero attached hydrogens (tertiary/aromatic N) is 2. The van der Waals surface area contributed by atoms with Crippen LogP contribution >= 0.6 is 0 Å². The van der Waals surface area contributed by atoms with Gasteiger partial charge in [0.05, 0.1) is 16.7 Å². The summed E-state index contributed by atoms with van der Waals surface area (Å²) < 4.78 is 25.8. The van der Waals surface area contributed by atoms with E-state index >= 15 is 0 Å². The number of hydrogen-bond donors (Lipinski definition) is 0. The summed E-state index contributed by atoms with van der Waals surface area (Å²) in [4.78, 5) is 8.35. The maximum atomic E-state index is 13.0. The smallest absolute Gasteiger partial charge is 0.161 e. The lowest BCUT2D eigenvalue weighted by molar-refractivity contribution is 0.510. The summed E-state index contributed by atoms with van der Waals surface area (Å²) in [6.45, 7) is 0. The highest BCUT2D eigenvalue weighted by Gasteiger charge is 2.25. The molecule has 0 saturated heterocycles. The first-order valence-electron chi connectivity index (χ1n) is 4.86. The fourth-order valence-corrected chi connectivity index (χ4v) is 1.60. The molecular weight excluding hydrogens is 198 g/mol. The maximum Gasteiger partial charge on any atom is 0.161 e. The molecule has 4 heteroatoms. The van der Waals surface area contributed by atoms with E-state index in [1.54, 1.807) is 6.20 Å². The number of benzene rings is 1. The molecule has 0 atom stereocenters. The summed E-state index contributed by atoms with van der Waals surface area (Å²) in [5, 5.41) is 0. The molecule has 1 heterocycles. The van der Waals surface area contributed by atoms with Gasteiger partial charge in [-0.25, -0.2) is 13.8 Å². The Bertz CT molecular complexity index is 535. The van der Waals surface area contributed by atoms with Crippen molar-refractivity contribution in [3.8, 4) is 0 Å². The average Bonchev–Trinajstić information content (AvgIpc) is 3.02. The van der Waals surface area contributed by atoms with Crippen LogP contribution in [0.25, 0.3) is 11.0 Å². The molecule has 0 aliphatic heterocycles. The van der Waals surface area contributed by atoms with Gasteiger partial charge < -0.3 is 0 Å². The summed E-state index contributed by atoms with van der Waals surface area (Å²) in [5.41, 5.74) is 1.71. The summed E-state index contributed by atoms with van der Waals surface area (Å²) in [7, 11) is 0. The molecule has 76 valence electrons. The minimum Gasteiger partial charge on any atom is -0.253 e. The zero-order valence-electron chi connectivity index (χ0n) is 7.87. The van der Waals surface area contributed by atoms with Crippen molar-refractivity contribution in [1.29, 1.82) is 0 Å². The Kier molecular flexibility index (Phi) is 1.71. The van der Waals surface area contributed by atoms with Crippen LogP contribution in [-0.2, 0) is 0 Å². The Morgan fingerprint density at radius 1 is 1.07 bits per heavy atom. The van der Waals surface area contributed by atoms with Crippen molar-refractivity contribution in [2.45, 2.75) is 18.8 Å². The van der Waals surface area contributed by atoms with Crippen molar-refractivity contribution in [2.75, 3.05) is 0 Å². The van der Waals surface area contributed by atoms with E-state index in [-0.39, 0.29) is 0 Å². The number of aromatic nitrogens is 2. The van der Waals surface area contributed by atoms with Crippen LogP contribution in [0.5, 0.6) is 0 Å². The van der Waals surface area contributed by atoms with Gasteiger partial charge in [0.2, 0.25) is 0 Å². The van der Waals surface area contributed by atoms with Gasteiger partial charge >= 0.3 is 0 Å². The molecule has 0 spiro atoms. The standard InChI is InChI=1S/C11H8F2N2/c12-7-3-9-10(4-8(7)13)15-11(5-14-9)6-1-2-6/h3-6H,1-2H2. The summed E-state index contributed by atoms with van der Waals surface area (Å²) in [5.74, 6) is -1.28. The molecule has 1 fully saturated rings. The van der Waals surface area contributed by atoms with Gasteiger partial charge in [-0.3, -0.25) is 4.98 Å². The van der Waals surface area contributed by atoms with Crippen LogP contribution in [-0.4, -0.2) is 9.97 Å². The number of halogens is 2. The zero-order chi connectivity index (χ0) is 10.4. The normalized spacial score (nSPS) is 15.9. The van der Waals surface area contributed by atoms with Crippen LogP contribution in [0.2, 0.25) is 0 Å². The van der Waals surface area contributed by atoms with E-state index in [4.69, 9.17) is 0 Å². The maximum absolute atomic E-state index is 13.0. The van der Waals surface area contributed by atoms with Crippen LogP contribution in [0.3, 0.4) is 0 Å². The molecule has 2 nitrogen and oxygen atoms in total. The second kappa shape index (κ2) is 2.95. The van der Waals surface area contributed by atoms with Crippen LogP contribution in [0, 0.1) is 11.6 Å². The van der Waals surface area contributed by atoms with E-state index in [0.717, 1.165) is 30.7 Å². The highest BCUT2D eigenvalue weighted by molar-refractivity contribution is 5.74. The van der Waals surface area contributed by atoms with Crippen molar-refractivity contribution in [3.63, 3.8) is 0 Å². The Balaban J connectivity index is 2.21. The van der Waals surface area contributed by atoms with E-state index < -0.39 is 11.6 Å². The number of rotatable bonds is 1. The van der Waals surface area contributed by atoms with Crippen LogP contribution in [0.15, 0.2) is 18.3 Å². The lowest BCUT2D eigenvalue weighted by Crippen LogP contribution is -1.93. The molecule has 0 amide bonds. The van der Waals surface area contributed by atoms with Gasteiger partial charge in [-0.2, -0.15) is 0 Å². The predicted octanol–water partition coefficient (Wildman–Crippen LogP) is 2.79. The van der Waals surface area contributed by atoms with Crippen LogP contribution in [0.4, 0.5) is 8.78 Å². The SMILES string of the molecule is Fc1cc2ncc(C3CC3)nc2cc1F. The van der Waals surface area contributed by atoms with Crippen molar-refractivity contribution in [3.05, 3.63) is 35.7 Å². The van der Waals surface area contributed by atoms with Crippen molar-refractivity contribution >= 4 is 11.0 Å². The molecule has 3 rings (SSSR count). The molecule has 2 aromatic rings. The lowest BCUT2D eigenvalue weighted by Gasteiger charge is -2.01. The Hall–Kier alpha value is -1.58. The van der Waals surface area contributed by atoms with Crippen molar-refractivity contribution in [1.82, 2.24) is 9.97 Å². The highest BCUT2D eigenvalue weighted by atomic mass is 19.2. The first-order chi connectivity index (χ1) is 7.24. The second-order valence-electron chi connectivity index (χ2n) is 3.82. The number of hydrogen-bond acceptors (Lipinski definition) is 2. The summed E-state index contributed by atoms with van der Waals surface area (Å²) >= 11 is 0. The molecule has 0 bridgehead atoms. The minimum atomic E-state index is -0.879. The van der Waals surface area contributed by atoms with E-state index in [0.29, 0.717) is 17.0 Å².